The molecule has 2 aliphatic heterocycles. The minimum Gasteiger partial charge on any atom is -0.337 e. The third-order valence-corrected chi connectivity index (χ3v) is 4.91. The summed E-state index contributed by atoms with van der Waals surface area (Å²) < 4.78 is 13.7. The molecule has 108 valence electrons. The van der Waals surface area contributed by atoms with Gasteiger partial charge in [-0.05, 0) is 59.9 Å². The molecule has 3 nitrogen and oxygen atoms in total. The number of halogens is 2. The number of hydrogen-bond donors (Lipinski definition) is 0. The van der Waals surface area contributed by atoms with E-state index in [2.05, 4.69) is 20.8 Å². The van der Waals surface area contributed by atoms with Gasteiger partial charge in [0, 0.05) is 30.1 Å². The Labute approximate surface area is 126 Å². The molecule has 2 fully saturated rings. The Bertz CT molecular complexity index is 523. The Balaban J connectivity index is 1.79. The van der Waals surface area contributed by atoms with Gasteiger partial charge < -0.3 is 4.90 Å². The molecule has 2 heterocycles. The van der Waals surface area contributed by atoms with Crippen LogP contribution in [0.25, 0.3) is 0 Å². The van der Waals surface area contributed by atoms with Gasteiger partial charge in [-0.2, -0.15) is 0 Å². The Morgan fingerprint density at radius 3 is 2.85 bits per heavy atom. The van der Waals surface area contributed by atoms with E-state index in [1.807, 2.05) is 4.90 Å². The molecule has 0 saturated carbocycles. The number of fused-ring (bicyclic) bond motifs is 1. The van der Waals surface area contributed by atoms with Gasteiger partial charge in [-0.15, -0.1) is 0 Å². The molecular formula is C15H18BrFN2O. The summed E-state index contributed by atoms with van der Waals surface area (Å²) in [7, 11) is 0. The highest BCUT2D eigenvalue weighted by Gasteiger charge is 2.31. The topological polar surface area (TPSA) is 23.6 Å². The number of hydrogen-bond acceptors (Lipinski definition) is 2. The van der Waals surface area contributed by atoms with E-state index in [4.69, 9.17) is 0 Å². The van der Waals surface area contributed by atoms with E-state index >= 15 is 0 Å². The van der Waals surface area contributed by atoms with Crippen molar-refractivity contribution in [1.29, 1.82) is 0 Å². The first kappa shape index (κ1) is 14.0. The van der Waals surface area contributed by atoms with Gasteiger partial charge in [-0.1, -0.05) is 0 Å². The van der Waals surface area contributed by atoms with Crippen molar-refractivity contribution in [1.82, 2.24) is 9.80 Å². The molecule has 0 bridgehead atoms. The van der Waals surface area contributed by atoms with E-state index in [1.165, 1.54) is 25.0 Å². The first-order valence-corrected chi connectivity index (χ1v) is 7.93. The van der Waals surface area contributed by atoms with Crippen LogP contribution in [-0.4, -0.2) is 47.9 Å². The van der Waals surface area contributed by atoms with Crippen LogP contribution >= 0.6 is 15.9 Å². The maximum absolute atomic E-state index is 13.1. The van der Waals surface area contributed by atoms with Crippen molar-refractivity contribution in [3.8, 4) is 0 Å². The summed E-state index contributed by atoms with van der Waals surface area (Å²) in [6.07, 6.45) is 3.42. The molecular weight excluding hydrogens is 323 g/mol. The monoisotopic (exact) mass is 340 g/mol. The summed E-state index contributed by atoms with van der Waals surface area (Å²) in [6, 6.07) is 4.77. The van der Waals surface area contributed by atoms with E-state index in [9.17, 15) is 9.18 Å². The first-order valence-electron chi connectivity index (χ1n) is 7.13. The Hall–Kier alpha value is -0.940. The molecule has 0 N–H and O–H groups in total. The van der Waals surface area contributed by atoms with Crippen LogP contribution in [0.3, 0.4) is 0 Å². The van der Waals surface area contributed by atoms with E-state index in [-0.39, 0.29) is 11.7 Å². The summed E-state index contributed by atoms with van der Waals surface area (Å²) in [6.45, 7) is 3.82. The maximum Gasteiger partial charge on any atom is 0.255 e. The lowest BCUT2D eigenvalue weighted by molar-refractivity contribution is 0.0742. The number of amides is 1. The number of carbonyl (C=O) groups excluding carboxylic acids is 1. The second-order valence-electron chi connectivity index (χ2n) is 5.56. The van der Waals surface area contributed by atoms with Crippen LogP contribution in [-0.2, 0) is 0 Å². The van der Waals surface area contributed by atoms with Crippen molar-refractivity contribution < 1.29 is 9.18 Å². The lowest BCUT2D eigenvalue weighted by Crippen LogP contribution is -2.39. The molecule has 20 heavy (non-hydrogen) atoms. The van der Waals surface area contributed by atoms with Crippen LogP contribution in [0.15, 0.2) is 22.7 Å². The quantitative estimate of drug-likeness (QED) is 0.784. The molecule has 2 aliphatic rings. The van der Waals surface area contributed by atoms with Gasteiger partial charge in [-0.25, -0.2) is 4.39 Å². The molecule has 1 atom stereocenters. The average Bonchev–Trinajstić information content (AvgIpc) is 2.75. The number of carbonyl (C=O) groups is 1. The highest BCUT2D eigenvalue weighted by molar-refractivity contribution is 9.10. The molecule has 3 rings (SSSR count). The van der Waals surface area contributed by atoms with Gasteiger partial charge in [0.25, 0.3) is 5.91 Å². The van der Waals surface area contributed by atoms with E-state index in [0.717, 1.165) is 32.6 Å². The zero-order valence-electron chi connectivity index (χ0n) is 11.3. The van der Waals surface area contributed by atoms with Gasteiger partial charge in [0.2, 0.25) is 0 Å². The van der Waals surface area contributed by atoms with Crippen molar-refractivity contribution in [2.24, 2.45) is 0 Å². The van der Waals surface area contributed by atoms with Gasteiger partial charge in [-0.3, -0.25) is 9.69 Å². The molecule has 0 radical (unpaired) electrons. The molecule has 2 saturated heterocycles. The standard InChI is InChI=1S/C15H18BrFN2O/c16-14-9-11(17)4-5-13(14)15(20)19-8-2-7-18-6-1-3-12(18)10-19/h4-5,9,12H,1-3,6-8,10H2. The van der Waals surface area contributed by atoms with Crippen LogP contribution < -0.4 is 0 Å². The van der Waals surface area contributed by atoms with Crippen LogP contribution in [0.4, 0.5) is 4.39 Å². The Morgan fingerprint density at radius 2 is 2.05 bits per heavy atom. The predicted molar refractivity (Wildman–Crippen MR) is 79.2 cm³/mol. The Kier molecular flexibility index (Phi) is 4.08. The van der Waals surface area contributed by atoms with Crippen molar-refractivity contribution in [3.63, 3.8) is 0 Å². The van der Waals surface area contributed by atoms with Crippen LogP contribution in [0.2, 0.25) is 0 Å². The number of nitrogens with zero attached hydrogens (tertiary/aromatic N) is 2. The van der Waals surface area contributed by atoms with E-state index in [0.29, 0.717) is 16.1 Å². The smallest absolute Gasteiger partial charge is 0.255 e. The fourth-order valence-electron chi connectivity index (χ4n) is 3.22. The van der Waals surface area contributed by atoms with Crippen molar-refractivity contribution in [2.45, 2.75) is 25.3 Å². The fraction of sp³-hybridized carbons (Fsp3) is 0.533. The SMILES string of the molecule is O=C(c1ccc(F)cc1Br)N1CCCN2CCCC2C1. The van der Waals surface area contributed by atoms with Gasteiger partial charge >= 0.3 is 0 Å². The molecule has 0 aliphatic carbocycles. The Morgan fingerprint density at radius 1 is 1.25 bits per heavy atom. The first-order chi connectivity index (χ1) is 9.65. The lowest BCUT2D eigenvalue weighted by atomic mass is 10.1. The molecule has 5 heteroatoms. The van der Waals surface area contributed by atoms with Crippen molar-refractivity contribution >= 4 is 21.8 Å². The third-order valence-electron chi connectivity index (χ3n) is 4.25. The van der Waals surface area contributed by atoms with Crippen LogP contribution in [0.1, 0.15) is 29.6 Å². The normalized spacial score (nSPS) is 23.5. The fourth-order valence-corrected chi connectivity index (χ4v) is 3.74. The number of benzene rings is 1. The molecule has 1 unspecified atom stereocenters. The summed E-state index contributed by atoms with van der Waals surface area (Å²) in [4.78, 5) is 17.0. The lowest BCUT2D eigenvalue weighted by Gasteiger charge is -2.26. The zero-order valence-corrected chi connectivity index (χ0v) is 12.9. The molecule has 0 spiro atoms. The van der Waals surface area contributed by atoms with Gasteiger partial charge in [0.1, 0.15) is 5.82 Å². The molecule has 1 amide bonds. The largest absolute Gasteiger partial charge is 0.337 e. The van der Waals surface area contributed by atoms with Gasteiger partial charge in [0.05, 0.1) is 5.56 Å². The summed E-state index contributed by atoms with van der Waals surface area (Å²) in [5.74, 6) is -0.322. The minimum absolute atomic E-state index is 0.00521. The van der Waals surface area contributed by atoms with Crippen LogP contribution in [0.5, 0.6) is 0 Å². The average molecular weight is 341 g/mol. The maximum atomic E-state index is 13.1. The molecule has 1 aromatic carbocycles. The summed E-state index contributed by atoms with van der Waals surface area (Å²) >= 11 is 3.29. The highest BCUT2D eigenvalue weighted by atomic mass is 79.9. The third kappa shape index (κ3) is 2.74. The van der Waals surface area contributed by atoms with E-state index in [1.54, 1.807) is 6.07 Å². The van der Waals surface area contributed by atoms with E-state index < -0.39 is 0 Å². The second kappa shape index (κ2) is 5.82. The summed E-state index contributed by atoms with van der Waals surface area (Å²) in [5.41, 5.74) is 0.554. The van der Waals surface area contributed by atoms with Crippen LogP contribution in [0, 0.1) is 5.82 Å². The minimum atomic E-state index is -0.328. The predicted octanol–water partition coefficient (Wildman–Crippen LogP) is 2.90. The number of rotatable bonds is 1. The summed E-state index contributed by atoms with van der Waals surface area (Å²) in [5, 5.41) is 0. The second-order valence-corrected chi connectivity index (χ2v) is 6.42. The molecule has 0 aromatic heterocycles. The highest BCUT2D eigenvalue weighted by Crippen LogP contribution is 2.24. The van der Waals surface area contributed by atoms with Crippen molar-refractivity contribution in [2.75, 3.05) is 26.2 Å². The van der Waals surface area contributed by atoms with Crippen molar-refractivity contribution in [3.05, 3.63) is 34.1 Å². The van der Waals surface area contributed by atoms with Gasteiger partial charge in [0.15, 0.2) is 0 Å². The zero-order chi connectivity index (χ0) is 14.1. The molecule has 1 aromatic rings.